The highest BCUT2D eigenvalue weighted by Crippen LogP contribution is 2.40. The first kappa shape index (κ1) is 31.2. The van der Waals surface area contributed by atoms with E-state index in [0.717, 1.165) is 22.3 Å². The molecule has 0 heterocycles. The predicted octanol–water partition coefficient (Wildman–Crippen LogP) is 7.67. The third-order valence-corrected chi connectivity index (χ3v) is 7.04. The molecule has 4 nitrogen and oxygen atoms in total. The van der Waals surface area contributed by atoms with Crippen LogP contribution in [0.15, 0.2) is 24.3 Å². The van der Waals surface area contributed by atoms with Crippen LogP contribution in [0.2, 0.25) is 0 Å². The van der Waals surface area contributed by atoms with Crippen molar-refractivity contribution in [3.8, 4) is 11.5 Å². The molecule has 0 amide bonds. The first-order chi connectivity index (χ1) is 16.5. The molecule has 0 bridgehead atoms. The number of rotatable bonds is 6. The van der Waals surface area contributed by atoms with Crippen molar-refractivity contribution < 1.29 is 15.3 Å². The van der Waals surface area contributed by atoms with Crippen molar-refractivity contribution in [2.75, 3.05) is 6.54 Å². The standard InChI is InChI=1S/C33H53NO3/c1-21(35)18-34(19-22-14-24(30(2,3)4)16-26(28(22)36)32(8,9)10)20-23-15-25(31(5,6)7)17-27(29(23)37)33(11,12)13/h14-17,21,35-37H,18-20H2,1-13H3/t21-/m0/s1. The van der Waals surface area contributed by atoms with E-state index >= 15 is 0 Å². The van der Waals surface area contributed by atoms with Crippen LogP contribution in [0, 0.1) is 0 Å². The molecule has 37 heavy (non-hydrogen) atoms. The summed E-state index contributed by atoms with van der Waals surface area (Å²) < 4.78 is 0. The smallest absolute Gasteiger partial charge is 0.123 e. The van der Waals surface area contributed by atoms with Gasteiger partial charge >= 0.3 is 0 Å². The second-order valence-electron chi connectivity index (χ2n) is 15.1. The molecular weight excluding hydrogens is 458 g/mol. The van der Waals surface area contributed by atoms with E-state index in [4.69, 9.17) is 0 Å². The fraction of sp³-hybridized carbons (Fsp3) is 0.636. The maximum atomic E-state index is 11.4. The van der Waals surface area contributed by atoms with Crippen LogP contribution in [0.25, 0.3) is 0 Å². The Morgan fingerprint density at radius 2 is 0.919 bits per heavy atom. The summed E-state index contributed by atoms with van der Waals surface area (Å²) in [6.07, 6.45) is -0.551. The van der Waals surface area contributed by atoms with Gasteiger partial charge in [0.05, 0.1) is 6.10 Å². The molecule has 0 saturated carbocycles. The number of hydrogen-bond acceptors (Lipinski definition) is 4. The highest BCUT2D eigenvalue weighted by Gasteiger charge is 2.28. The molecule has 0 aliphatic heterocycles. The van der Waals surface area contributed by atoms with Crippen molar-refractivity contribution in [1.29, 1.82) is 0 Å². The second-order valence-corrected chi connectivity index (χ2v) is 15.1. The minimum atomic E-state index is -0.551. The maximum Gasteiger partial charge on any atom is 0.123 e. The van der Waals surface area contributed by atoms with Crippen LogP contribution >= 0.6 is 0 Å². The summed E-state index contributed by atoms with van der Waals surface area (Å²) in [6, 6.07) is 8.47. The van der Waals surface area contributed by atoms with E-state index in [1.54, 1.807) is 6.92 Å². The third kappa shape index (κ3) is 7.97. The maximum absolute atomic E-state index is 11.4. The lowest BCUT2D eigenvalue weighted by molar-refractivity contribution is 0.116. The van der Waals surface area contributed by atoms with Gasteiger partial charge in [-0.15, -0.1) is 0 Å². The van der Waals surface area contributed by atoms with Crippen LogP contribution in [-0.4, -0.2) is 32.9 Å². The minimum absolute atomic E-state index is 0.0710. The lowest BCUT2D eigenvalue weighted by Gasteiger charge is -2.31. The lowest BCUT2D eigenvalue weighted by Crippen LogP contribution is -2.31. The second kappa shape index (κ2) is 10.6. The van der Waals surface area contributed by atoms with Crippen LogP contribution in [0.1, 0.15) is 123 Å². The Hall–Kier alpha value is -2.04. The van der Waals surface area contributed by atoms with Crippen molar-refractivity contribution >= 4 is 0 Å². The molecule has 0 radical (unpaired) electrons. The van der Waals surface area contributed by atoms with Gasteiger partial charge in [0, 0.05) is 30.8 Å². The Morgan fingerprint density at radius 3 is 1.16 bits per heavy atom. The predicted molar refractivity (Wildman–Crippen MR) is 157 cm³/mol. The van der Waals surface area contributed by atoms with Gasteiger partial charge in [-0.3, -0.25) is 4.90 Å². The zero-order chi connectivity index (χ0) is 28.7. The molecule has 4 heteroatoms. The Morgan fingerprint density at radius 1 is 0.595 bits per heavy atom. The summed E-state index contributed by atoms with van der Waals surface area (Å²) in [5.41, 5.74) is 5.34. The van der Waals surface area contributed by atoms with Crippen LogP contribution in [0.5, 0.6) is 11.5 Å². The zero-order valence-corrected chi connectivity index (χ0v) is 25.8. The zero-order valence-electron chi connectivity index (χ0n) is 25.8. The SMILES string of the molecule is C[C@H](O)CN(Cc1cc(C(C)(C)C)cc(C(C)(C)C)c1O)Cc1cc(C(C)(C)C)cc(C(C)(C)C)c1O. The first-order valence-electron chi connectivity index (χ1n) is 13.7. The largest absolute Gasteiger partial charge is 0.507 e. The van der Waals surface area contributed by atoms with Crippen molar-refractivity contribution in [1.82, 2.24) is 4.90 Å². The average molecular weight is 512 g/mol. The topological polar surface area (TPSA) is 63.9 Å². The Kier molecular flexibility index (Phi) is 8.94. The summed E-state index contributed by atoms with van der Waals surface area (Å²) >= 11 is 0. The van der Waals surface area contributed by atoms with Crippen LogP contribution < -0.4 is 0 Å². The number of aliphatic hydroxyl groups is 1. The quantitative estimate of drug-likeness (QED) is 0.372. The molecule has 0 saturated heterocycles. The lowest BCUT2D eigenvalue weighted by atomic mass is 9.78. The van der Waals surface area contributed by atoms with E-state index in [1.165, 1.54) is 11.1 Å². The van der Waals surface area contributed by atoms with E-state index in [1.807, 2.05) is 0 Å². The Labute approximate surface area is 226 Å². The van der Waals surface area contributed by atoms with Gasteiger partial charge in [-0.2, -0.15) is 0 Å². The number of hydrogen-bond donors (Lipinski definition) is 3. The number of aliphatic hydroxyl groups excluding tert-OH is 1. The molecule has 2 aromatic carbocycles. The number of phenolic OH excluding ortho intramolecular Hbond substituents is 2. The molecule has 3 N–H and O–H groups in total. The molecule has 1 atom stereocenters. The van der Waals surface area contributed by atoms with E-state index in [0.29, 0.717) is 31.1 Å². The van der Waals surface area contributed by atoms with Gasteiger partial charge in [-0.1, -0.05) is 107 Å². The third-order valence-electron chi connectivity index (χ3n) is 7.04. The van der Waals surface area contributed by atoms with Gasteiger partial charge < -0.3 is 15.3 Å². The highest BCUT2D eigenvalue weighted by molar-refractivity contribution is 5.50. The number of nitrogens with zero attached hydrogens (tertiary/aromatic N) is 1. The summed E-state index contributed by atoms with van der Waals surface area (Å²) in [5, 5.41) is 33.1. The molecule has 2 aromatic rings. The number of aromatic hydroxyl groups is 2. The minimum Gasteiger partial charge on any atom is -0.507 e. The molecule has 2 rings (SSSR count). The number of benzene rings is 2. The van der Waals surface area contributed by atoms with E-state index in [9.17, 15) is 15.3 Å². The molecule has 0 aromatic heterocycles. The van der Waals surface area contributed by atoms with Crippen molar-refractivity contribution in [2.24, 2.45) is 0 Å². The summed E-state index contributed by atoms with van der Waals surface area (Å²) in [6.45, 7) is 29.0. The Balaban J connectivity index is 2.66. The molecule has 208 valence electrons. The molecule has 0 unspecified atom stereocenters. The van der Waals surface area contributed by atoms with Gasteiger partial charge in [-0.05, 0) is 50.8 Å². The van der Waals surface area contributed by atoms with E-state index in [-0.39, 0.29) is 21.7 Å². The average Bonchev–Trinajstić information content (AvgIpc) is 2.66. The van der Waals surface area contributed by atoms with Crippen LogP contribution in [-0.2, 0) is 34.7 Å². The van der Waals surface area contributed by atoms with Crippen LogP contribution in [0.4, 0.5) is 0 Å². The van der Waals surface area contributed by atoms with E-state index in [2.05, 4.69) is 112 Å². The summed E-state index contributed by atoms with van der Waals surface area (Å²) in [5.74, 6) is 0.637. The van der Waals surface area contributed by atoms with Crippen molar-refractivity contribution in [3.63, 3.8) is 0 Å². The monoisotopic (exact) mass is 511 g/mol. The molecular formula is C33H53NO3. The molecule has 0 spiro atoms. The first-order valence-corrected chi connectivity index (χ1v) is 13.7. The van der Waals surface area contributed by atoms with Crippen molar-refractivity contribution in [3.05, 3.63) is 57.6 Å². The fourth-order valence-corrected chi connectivity index (χ4v) is 4.68. The molecule has 0 fully saturated rings. The van der Waals surface area contributed by atoms with Crippen molar-refractivity contribution in [2.45, 2.75) is 131 Å². The highest BCUT2D eigenvalue weighted by atomic mass is 16.3. The summed E-state index contributed by atoms with van der Waals surface area (Å²) in [7, 11) is 0. The fourth-order valence-electron chi connectivity index (χ4n) is 4.68. The van der Waals surface area contributed by atoms with Gasteiger partial charge in [0.25, 0.3) is 0 Å². The summed E-state index contributed by atoms with van der Waals surface area (Å²) in [4.78, 5) is 2.13. The number of phenols is 2. The normalized spacial score (nSPS) is 14.4. The Bertz CT molecular complexity index is 1000. The van der Waals surface area contributed by atoms with E-state index < -0.39 is 6.10 Å². The van der Waals surface area contributed by atoms with Gasteiger partial charge in [0.1, 0.15) is 11.5 Å². The van der Waals surface area contributed by atoms with Crippen LogP contribution in [0.3, 0.4) is 0 Å². The van der Waals surface area contributed by atoms with Gasteiger partial charge in [-0.25, -0.2) is 0 Å². The van der Waals surface area contributed by atoms with Gasteiger partial charge in [0.2, 0.25) is 0 Å². The van der Waals surface area contributed by atoms with Gasteiger partial charge in [0.15, 0.2) is 0 Å². The molecule has 0 aliphatic rings. The molecule has 0 aliphatic carbocycles.